The van der Waals surface area contributed by atoms with Gasteiger partial charge >= 0.3 is 0 Å². The number of rotatable bonds is 12. The van der Waals surface area contributed by atoms with Crippen LogP contribution in [-0.2, 0) is 26.1 Å². The predicted molar refractivity (Wildman–Crippen MR) is 125 cm³/mol. The van der Waals surface area contributed by atoms with Gasteiger partial charge in [0.25, 0.3) is 0 Å². The van der Waals surface area contributed by atoms with Crippen LogP contribution in [0.3, 0.4) is 0 Å². The average molecular weight is 411 g/mol. The van der Waals surface area contributed by atoms with E-state index < -0.39 is 5.60 Å². The number of benzene rings is 2. The maximum Gasteiger partial charge on any atom is 0.0685 e. The molecule has 2 aromatic rings. The zero-order valence-electron chi connectivity index (χ0n) is 18.8. The molecule has 3 N–H and O–H groups in total. The van der Waals surface area contributed by atoms with Gasteiger partial charge in [-0.05, 0) is 78.3 Å². The molecule has 2 aromatic carbocycles. The zero-order valence-corrected chi connectivity index (χ0v) is 18.8. The lowest BCUT2D eigenvalue weighted by Gasteiger charge is -2.24. The molecule has 0 fully saturated rings. The third-order valence-electron chi connectivity index (χ3n) is 6.31. The van der Waals surface area contributed by atoms with Gasteiger partial charge in [0, 0.05) is 0 Å². The molecule has 0 aliphatic rings. The van der Waals surface area contributed by atoms with Gasteiger partial charge in [-0.3, -0.25) is 0 Å². The second kappa shape index (κ2) is 12.0. The molecule has 0 radical (unpaired) electrons. The Labute approximate surface area is 182 Å². The van der Waals surface area contributed by atoms with Crippen LogP contribution in [0.2, 0.25) is 0 Å². The SMILES string of the molecule is CC/C(=C\CCC(O)(CC)CC)c1cccc(CCc2ccc(CO)c(CO)c2)c1. The first kappa shape index (κ1) is 24.3. The highest BCUT2D eigenvalue weighted by molar-refractivity contribution is 5.65. The first-order valence-corrected chi connectivity index (χ1v) is 11.3. The third-order valence-corrected chi connectivity index (χ3v) is 6.31. The Morgan fingerprint density at radius 2 is 1.53 bits per heavy atom. The summed E-state index contributed by atoms with van der Waals surface area (Å²) in [4.78, 5) is 0. The maximum absolute atomic E-state index is 10.5. The summed E-state index contributed by atoms with van der Waals surface area (Å²) in [6.07, 6.45) is 8.39. The molecule has 0 aliphatic carbocycles. The van der Waals surface area contributed by atoms with Gasteiger partial charge in [0.15, 0.2) is 0 Å². The van der Waals surface area contributed by atoms with Gasteiger partial charge in [-0.2, -0.15) is 0 Å². The van der Waals surface area contributed by atoms with Crippen LogP contribution in [0.5, 0.6) is 0 Å². The normalized spacial score (nSPS) is 12.4. The van der Waals surface area contributed by atoms with Gasteiger partial charge in [-0.1, -0.05) is 69.3 Å². The summed E-state index contributed by atoms with van der Waals surface area (Å²) in [6.45, 7) is 6.20. The summed E-state index contributed by atoms with van der Waals surface area (Å²) < 4.78 is 0. The van der Waals surface area contributed by atoms with Crippen LogP contribution in [0.25, 0.3) is 5.57 Å². The van der Waals surface area contributed by atoms with Crippen LogP contribution < -0.4 is 0 Å². The molecule has 0 bridgehead atoms. The van der Waals surface area contributed by atoms with Gasteiger partial charge in [0.1, 0.15) is 0 Å². The monoisotopic (exact) mass is 410 g/mol. The van der Waals surface area contributed by atoms with E-state index in [-0.39, 0.29) is 13.2 Å². The van der Waals surface area contributed by atoms with Crippen LogP contribution in [0.1, 0.15) is 80.7 Å². The fourth-order valence-corrected chi connectivity index (χ4v) is 3.94. The van der Waals surface area contributed by atoms with E-state index in [9.17, 15) is 15.3 Å². The molecule has 3 nitrogen and oxygen atoms in total. The predicted octanol–water partition coefficient (Wildman–Crippen LogP) is 5.58. The Kier molecular flexibility index (Phi) is 9.77. The van der Waals surface area contributed by atoms with Crippen molar-refractivity contribution in [1.82, 2.24) is 0 Å². The van der Waals surface area contributed by atoms with E-state index >= 15 is 0 Å². The number of allylic oxidation sites excluding steroid dienone is 2. The molecule has 0 unspecified atom stereocenters. The summed E-state index contributed by atoms with van der Waals surface area (Å²) in [5, 5.41) is 29.4. The molecular weight excluding hydrogens is 372 g/mol. The summed E-state index contributed by atoms with van der Waals surface area (Å²) in [5.74, 6) is 0. The Hall–Kier alpha value is -1.94. The minimum atomic E-state index is -0.545. The summed E-state index contributed by atoms with van der Waals surface area (Å²) in [7, 11) is 0. The number of aliphatic hydroxyl groups is 3. The van der Waals surface area contributed by atoms with Gasteiger partial charge in [0.05, 0.1) is 18.8 Å². The van der Waals surface area contributed by atoms with E-state index in [4.69, 9.17) is 0 Å². The van der Waals surface area contributed by atoms with Crippen molar-refractivity contribution in [3.05, 3.63) is 76.4 Å². The van der Waals surface area contributed by atoms with E-state index in [1.807, 2.05) is 18.2 Å². The molecule has 0 saturated heterocycles. The molecular formula is C27H38O3. The maximum atomic E-state index is 10.5. The molecule has 2 rings (SSSR count). The summed E-state index contributed by atoms with van der Waals surface area (Å²) in [6, 6.07) is 14.7. The van der Waals surface area contributed by atoms with Gasteiger partial charge < -0.3 is 15.3 Å². The Balaban J connectivity index is 2.06. The summed E-state index contributed by atoms with van der Waals surface area (Å²) >= 11 is 0. The molecule has 3 heteroatoms. The van der Waals surface area contributed by atoms with Gasteiger partial charge in [-0.25, -0.2) is 0 Å². The number of hydrogen-bond donors (Lipinski definition) is 3. The van der Waals surface area contributed by atoms with E-state index in [1.165, 1.54) is 22.3 Å². The molecule has 0 saturated carbocycles. The fraction of sp³-hybridized carbons (Fsp3) is 0.481. The Bertz CT molecular complexity index is 819. The highest BCUT2D eigenvalue weighted by atomic mass is 16.3. The standard InChI is InChI=1S/C27H38O3/c1-4-23(11-8-16-27(30,5-2)6-3)24-10-7-9-21(17-24)12-13-22-14-15-25(19-28)26(18-22)20-29/h7,9-11,14-15,17-18,28-30H,4-6,8,12-13,16,19-20H2,1-3H3/b23-11+. The zero-order chi connectivity index (χ0) is 22.0. The quantitative estimate of drug-likeness (QED) is 0.428. The van der Waals surface area contributed by atoms with E-state index in [1.54, 1.807) is 0 Å². The van der Waals surface area contributed by atoms with E-state index in [0.29, 0.717) is 0 Å². The minimum Gasteiger partial charge on any atom is -0.392 e. The average Bonchev–Trinajstić information content (AvgIpc) is 2.80. The van der Waals surface area contributed by atoms with Crippen molar-refractivity contribution in [3.8, 4) is 0 Å². The van der Waals surface area contributed by atoms with Crippen molar-refractivity contribution in [2.24, 2.45) is 0 Å². The minimum absolute atomic E-state index is 0.0434. The van der Waals surface area contributed by atoms with Crippen LogP contribution in [0.4, 0.5) is 0 Å². The smallest absolute Gasteiger partial charge is 0.0685 e. The molecule has 0 spiro atoms. The second-order valence-electron chi connectivity index (χ2n) is 8.17. The number of aryl methyl sites for hydroxylation is 2. The number of aliphatic hydroxyl groups excluding tert-OH is 2. The van der Waals surface area contributed by atoms with Crippen molar-refractivity contribution >= 4 is 5.57 Å². The fourth-order valence-electron chi connectivity index (χ4n) is 3.94. The highest BCUT2D eigenvalue weighted by Crippen LogP contribution is 2.25. The van der Waals surface area contributed by atoms with Crippen molar-refractivity contribution in [2.45, 2.75) is 84.5 Å². The molecule has 0 atom stereocenters. The first-order chi connectivity index (χ1) is 14.5. The molecule has 30 heavy (non-hydrogen) atoms. The lowest BCUT2D eigenvalue weighted by Crippen LogP contribution is -2.25. The number of hydrogen-bond acceptors (Lipinski definition) is 3. The van der Waals surface area contributed by atoms with Crippen LogP contribution in [-0.4, -0.2) is 20.9 Å². The van der Waals surface area contributed by atoms with E-state index in [0.717, 1.165) is 56.1 Å². The van der Waals surface area contributed by atoms with Crippen molar-refractivity contribution in [1.29, 1.82) is 0 Å². The van der Waals surface area contributed by atoms with Crippen LogP contribution in [0.15, 0.2) is 48.5 Å². The largest absolute Gasteiger partial charge is 0.392 e. The molecule has 0 heterocycles. The van der Waals surface area contributed by atoms with E-state index in [2.05, 4.69) is 51.1 Å². The van der Waals surface area contributed by atoms with Crippen molar-refractivity contribution < 1.29 is 15.3 Å². The molecule has 164 valence electrons. The van der Waals surface area contributed by atoms with Gasteiger partial charge in [0.2, 0.25) is 0 Å². The lowest BCUT2D eigenvalue weighted by atomic mass is 9.90. The highest BCUT2D eigenvalue weighted by Gasteiger charge is 2.20. The molecule has 0 aromatic heterocycles. The molecule has 0 amide bonds. The second-order valence-corrected chi connectivity index (χ2v) is 8.17. The topological polar surface area (TPSA) is 60.7 Å². The van der Waals surface area contributed by atoms with Crippen molar-refractivity contribution in [2.75, 3.05) is 0 Å². The summed E-state index contributed by atoms with van der Waals surface area (Å²) in [5.41, 5.74) is 6.11. The molecule has 0 aliphatic heterocycles. The van der Waals surface area contributed by atoms with Crippen molar-refractivity contribution in [3.63, 3.8) is 0 Å². The van der Waals surface area contributed by atoms with Gasteiger partial charge in [-0.15, -0.1) is 0 Å². The van der Waals surface area contributed by atoms with Crippen LogP contribution in [0, 0.1) is 0 Å². The third kappa shape index (κ3) is 6.80. The Morgan fingerprint density at radius 3 is 2.13 bits per heavy atom. The lowest BCUT2D eigenvalue weighted by molar-refractivity contribution is 0.0246. The first-order valence-electron chi connectivity index (χ1n) is 11.3. The Morgan fingerprint density at radius 1 is 0.867 bits per heavy atom. The van der Waals surface area contributed by atoms with Crippen LogP contribution >= 0.6 is 0 Å².